The lowest BCUT2D eigenvalue weighted by atomic mass is 9.79. The van der Waals surface area contributed by atoms with Crippen LogP contribution in [-0.2, 0) is 14.3 Å². The standard InChI is InChI=1S/C18H27NO4/c1-6-12-22-16(20)8-10-18(4,5)14-15(3)9-11-19-17(21)23-13-7-2/h1-2,15H,8-14H2,3-5H3,(H,19,21). The van der Waals surface area contributed by atoms with Gasteiger partial charge < -0.3 is 14.8 Å². The number of terminal acetylenes is 2. The van der Waals surface area contributed by atoms with E-state index in [0.717, 1.165) is 19.3 Å². The maximum atomic E-state index is 11.5. The average Bonchev–Trinajstić information content (AvgIpc) is 2.48. The Kier molecular flexibility index (Phi) is 10.4. The molecular formula is C18H27NO4. The Morgan fingerprint density at radius 3 is 2.39 bits per heavy atom. The summed E-state index contributed by atoms with van der Waals surface area (Å²) in [7, 11) is 0. The highest BCUT2D eigenvalue weighted by Gasteiger charge is 2.22. The topological polar surface area (TPSA) is 64.6 Å². The second-order valence-electron chi connectivity index (χ2n) is 6.33. The molecule has 0 aliphatic heterocycles. The summed E-state index contributed by atoms with van der Waals surface area (Å²) in [5, 5.41) is 2.66. The number of carbonyl (C=O) groups is 2. The van der Waals surface area contributed by atoms with Gasteiger partial charge in [0.25, 0.3) is 0 Å². The van der Waals surface area contributed by atoms with E-state index in [2.05, 4.69) is 37.9 Å². The zero-order valence-corrected chi connectivity index (χ0v) is 14.3. The largest absolute Gasteiger partial charge is 0.452 e. The molecule has 0 aliphatic carbocycles. The zero-order valence-electron chi connectivity index (χ0n) is 14.3. The van der Waals surface area contributed by atoms with Gasteiger partial charge in [-0.15, -0.1) is 12.8 Å². The molecule has 5 nitrogen and oxygen atoms in total. The second kappa shape index (κ2) is 11.4. The lowest BCUT2D eigenvalue weighted by Crippen LogP contribution is -2.27. The van der Waals surface area contributed by atoms with Gasteiger partial charge in [-0.1, -0.05) is 32.6 Å². The molecule has 0 heterocycles. The minimum absolute atomic E-state index is 0.0125. The molecule has 5 heteroatoms. The molecule has 0 bridgehead atoms. The Bertz CT molecular complexity index is 457. The van der Waals surface area contributed by atoms with Crippen LogP contribution in [0.5, 0.6) is 0 Å². The third kappa shape index (κ3) is 12.1. The molecule has 1 N–H and O–H groups in total. The quantitative estimate of drug-likeness (QED) is 0.496. The minimum Gasteiger partial charge on any atom is -0.452 e. The van der Waals surface area contributed by atoms with Gasteiger partial charge in [0.05, 0.1) is 0 Å². The number of hydrogen-bond acceptors (Lipinski definition) is 4. The highest BCUT2D eigenvalue weighted by atomic mass is 16.5. The average molecular weight is 321 g/mol. The van der Waals surface area contributed by atoms with Gasteiger partial charge >= 0.3 is 12.1 Å². The Balaban J connectivity index is 3.96. The van der Waals surface area contributed by atoms with Crippen LogP contribution in [-0.4, -0.2) is 31.8 Å². The number of esters is 1. The lowest BCUT2D eigenvalue weighted by molar-refractivity contribution is -0.142. The summed E-state index contributed by atoms with van der Waals surface area (Å²) in [4.78, 5) is 22.7. The fourth-order valence-corrected chi connectivity index (χ4v) is 2.36. The van der Waals surface area contributed by atoms with Gasteiger partial charge in [0.1, 0.15) is 0 Å². The molecule has 0 aromatic rings. The van der Waals surface area contributed by atoms with E-state index in [1.54, 1.807) is 0 Å². The molecule has 1 atom stereocenters. The highest BCUT2D eigenvalue weighted by molar-refractivity contribution is 5.69. The molecule has 128 valence electrons. The third-order valence-electron chi connectivity index (χ3n) is 3.42. The monoisotopic (exact) mass is 321 g/mol. The molecule has 0 aromatic carbocycles. The first kappa shape index (κ1) is 20.9. The van der Waals surface area contributed by atoms with Crippen LogP contribution >= 0.6 is 0 Å². The summed E-state index contributed by atoms with van der Waals surface area (Å²) in [6.45, 7) is 6.89. The number of rotatable bonds is 10. The second-order valence-corrected chi connectivity index (χ2v) is 6.33. The molecule has 1 unspecified atom stereocenters. The van der Waals surface area contributed by atoms with Gasteiger partial charge in [-0.2, -0.15) is 0 Å². The normalized spacial score (nSPS) is 11.7. The molecule has 0 rings (SSSR count). The number of nitrogens with one attached hydrogen (secondary N) is 1. The SMILES string of the molecule is C#CCOC(=O)CCC(C)(C)CC(C)CCNC(=O)OCC#C. The van der Waals surface area contributed by atoms with Crippen LogP contribution < -0.4 is 5.32 Å². The van der Waals surface area contributed by atoms with Crippen molar-refractivity contribution >= 4 is 12.1 Å². The van der Waals surface area contributed by atoms with Crippen LogP contribution in [0.2, 0.25) is 0 Å². The predicted octanol–water partition coefficient (Wildman–Crippen LogP) is 2.74. The molecule has 0 radical (unpaired) electrons. The third-order valence-corrected chi connectivity index (χ3v) is 3.42. The molecule has 0 aliphatic rings. The number of carbonyl (C=O) groups excluding carboxylic acids is 2. The van der Waals surface area contributed by atoms with E-state index >= 15 is 0 Å². The van der Waals surface area contributed by atoms with E-state index in [-0.39, 0.29) is 24.6 Å². The summed E-state index contributed by atoms with van der Waals surface area (Å²) in [6, 6.07) is 0. The first-order chi connectivity index (χ1) is 10.8. The maximum absolute atomic E-state index is 11.5. The van der Waals surface area contributed by atoms with Crippen molar-refractivity contribution in [2.75, 3.05) is 19.8 Å². The fraction of sp³-hybridized carbons (Fsp3) is 0.667. The summed E-state index contributed by atoms with van der Waals surface area (Å²) < 4.78 is 9.58. The van der Waals surface area contributed by atoms with Crippen molar-refractivity contribution in [1.82, 2.24) is 5.32 Å². The fourth-order valence-electron chi connectivity index (χ4n) is 2.36. The van der Waals surface area contributed by atoms with Crippen molar-refractivity contribution in [2.45, 2.75) is 46.5 Å². The van der Waals surface area contributed by atoms with Crippen molar-refractivity contribution < 1.29 is 19.1 Å². The minimum atomic E-state index is -0.495. The van der Waals surface area contributed by atoms with E-state index in [1.807, 2.05) is 0 Å². The van der Waals surface area contributed by atoms with Crippen LogP contribution in [0.1, 0.15) is 46.5 Å². The zero-order chi connectivity index (χ0) is 17.7. The Labute approximate surface area is 139 Å². The number of alkyl carbamates (subject to hydrolysis) is 1. The molecule has 0 spiro atoms. The van der Waals surface area contributed by atoms with E-state index in [0.29, 0.717) is 18.9 Å². The van der Waals surface area contributed by atoms with E-state index in [1.165, 1.54) is 0 Å². The maximum Gasteiger partial charge on any atom is 0.408 e. The Morgan fingerprint density at radius 1 is 1.17 bits per heavy atom. The van der Waals surface area contributed by atoms with Crippen molar-refractivity contribution in [2.24, 2.45) is 11.3 Å². The first-order valence-corrected chi connectivity index (χ1v) is 7.74. The van der Waals surface area contributed by atoms with Crippen molar-refractivity contribution in [3.8, 4) is 24.7 Å². The van der Waals surface area contributed by atoms with Crippen LogP contribution in [0.3, 0.4) is 0 Å². The van der Waals surface area contributed by atoms with Crippen molar-refractivity contribution in [3.63, 3.8) is 0 Å². The van der Waals surface area contributed by atoms with Gasteiger partial charge in [-0.25, -0.2) is 4.79 Å². The van der Waals surface area contributed by atoms with Gasteiger partial charge in [0.2, 0.25) is 0 Å². The molecule has 1 amide bonds. The summed E-state index contributed by atoms with van der Waals surface area (Å²) in [5.41, 5.74) is 0.0125. The van der Waals surface area contributed by atoms with Gasteiger partial charge in [0, 0.05) is 13.0 Å². The summed E-state index contributed by atoms with van der Waals surface area (Å²) >= 11 is 0. The van der Waals surface area contributed by atoms with Gasteiger partial charge in [-0.05, 0) is 30.6 Å². The van der Waals surface area contributed by atoms with Crippen molar-refractivity contribution in [1.29, 1.82) is 0 Å². The van der Waals surface area contributed by atoms with Gasteiger partial charge in [-0.3, -0.25) is 4.79 Å². The molecule has 0 fully saturated rings. The van der Waals surface area contributed by atoms with Crippen LogP contribution in [0.25, 0.3) is 0 Å². The first-order valence-electron chi connectivity index (χ1n) is 7.74. The number of ether oxygens (including phenoxy) is 2. The van der Waals surface area contributed by atoms with E-state index in [4.69, 9.17) is 22.3 Å². The number of amides is 1. The predicted molar refractivity (Wildman–Crippen MR) is 89.4 cm³/mol. The van der Waals surface area contributed by atoms with Crippen LogP contribution in [0.15, 0.2) is 0 Å². The summed E-state index contributed by atoms with van der Waals surface area (Å²) in [6.07, 6.45) is 12.4. The number of hydrogen-bond donors (Lipinski definition) is 1. The molecule has 0 saturated carbocycles. The van der Waals surface area contributed by atoms with E-state index < -0.39 is 6.09 Å². The smallest absolute Gasteiger partial charge is 0.408 e. The van der Waals surface area contributed by atoms with Crippen LogP contribution in [0.4, 0.5) is 4.79 Å². The Hall–Kier alpha value is -2.14. The molecule has 23 heavy (non-hydrogen) atoms. The van der Waals surface area contributed by atoms with Gasteiger partial charge in [0.15, 0.2) is 13.2 Å². The lowest BCUT2D eigenvalue weighted by Gasteiger charge is -2.27. The Morgan fingerprint density at radius 2 is 1.78 bits per heavy atom. The molecular weight excluding hydrogens is 294 g/mol. The molecule has 0 saturated heterocycles. The molecule has 0 aromatic heterocycles. The van der Waals surface area contributed by atoms with Crippen molar-refractivity contribution in [3.05, 3.63) is 0 Å². The van der Waals surface area contributed by atoms with Crippen LogP contribution in [0, 0.1) is 36.0 Å². The highest BCUT2D eigenvalue weighted by Crippen LogP contribution is 2.31. The van der Waals surface area contributed by atoms with E-state index in [9.17, 15) is 9.59 Å². The summed E-state index contributed by atoms with van der Waals surface area (Å²) in [5.74, 6) is 4.65.